The largest absolute Gasteiger partial charge is 0.481 e. The summed E-state index contributed by atoms with van der Waals surface area (Å²) in [5.74, 6) is -2.08. The number of nitriles is 1. The molecule has 33 heavy (non-hydrogen) atoms. The topological polar surface area (TPSA) is 90.1 Å². The zero-order valence-corrected chi connectivity index (χ0v) is 19.5. The number of pyridine rings is 1. The van der Waals surface area contributed by atoms with Gasteiger partial charge in [0.1, 0.15) is 28.0 Å². The second-order valence-electron chi connectivity index (χ2n) is 7.02. The maximum atomic E-state index is 14.7. The van der Waals surface area contributed by atoms with Gasteiger partial charge in [-0.3, -0.25) is 4.79 Å². The van der Waals surface area contributed by atoms with E-state index in [0.717, 1.165) is 11.3 Å². The summed E-state index contributed by atoms with van der Waals surface area (Å²) < 4.78 is 28.6. The number of nitrogens with zero attached hydrogens (tertiary/aromatic N) is 4. The van der Waals surface area contributed by atoms with E-state index in [4.69, 9.17) is 0 Å². The molecule has 0 spiro atoms. The Balaban J connectivity index is 1.92. The number of rotatable bonds is 6. The van der Waals surface area contributed by atoms with E-state index < -0.39 is 17.6 Å². The average molecular weight is 529 g/mol. The number of carbonyl (C=O) groups is 1. The Morgan fingerprint density at radius 1 is 1.21 bits per heavy atom. The summed E-state index contributed by atoms with van der Waals surface area (Å²) in [5.41, 5.74) is 1.75. The Kier molecular flexibility index (Phi) is 6.35. The molecule has 4 rings (SSSR count). The van der Waals surface area contributed by atoms with Crippen molar-refractivity contribution in [2.75, 3.05) is 11.4 Å². The minimum Gasteiger partial charge on any atom is -0.481 e. The summed E-state index contributed by atoms with van der Waals surface area (Å²) in [6.45, 7) is 2.27. The van der Waals surface area contributed by atoms with Crippen LogP contribution >= 0.6 is 27.3 Å². The number of hydrogen-bond donors (Lipinski definition) is 1. The summed E-state index contributed by atoms with van der Waals surface area (Å²) in [6, 6.07) is 12.4. The molecule has 0 radical (unpaired) electrons. The van der Waals surface area contributed by atoms with E-state index in [2.05, 4.69) is 32.0 Å². The van der Waals surface area contributed by atoms with Crippen LogP contribution < -0.4 is 4.90 Å². The lowest BCUT2D eigenvalue weighted by molar-refractivity contribution is -0.136. The Bertz CT molecular complexity index is 1420. The summed E-state index contributed by atoms with van der Waals surface area (Å²) in [7, 11) is 0. The number of aromatic nitrogens is 2. The van der Waals surface area contributed by atoms with Crippen molar-refractivity contribution in [3.8, 4) is 17.3 Å². The standard InChI is InChI=1S/C23H15BrF2N4O2S/c1-2-30(23-29-21(19(11-27)33-23)12-3-5-14(25)6-4-12)18-9-15(10-20(31)32)28-22-16(18)7-13(24)8-17(22)26/h3-9H,2,10H2,1H3,(H,31,32). The predicted octanol–water partition coefficient (Wildman–Crippen LogP) is 6.06. The molecule has 0 aliphatic carbocycles. The van der Waals surface area contributed by atoms with Crippen LogP contribution in [0.15, 0.2) is 46.9 Å². The number of aliphatic carboxylic acids is 1. The minimum absolute atomic E-state index is 0.0428. The van der Waals surface area contributed by atoms with Gasteiger partial charge in [0.25, 0.3) is 0 Å². The number of fused-ring (bicyclic) bond motifs is 1. The van der Waals surface area contributed by atoms with Gasteiger partial charge in [-0.15, -0.1) is 0 Å². The zero-order chi connectivity index (χ0) is 23.7. The van der Waals surface area contributed by atoms with E-state index in [1.165, 1.54) is 18.2 Å². The average Bonchev–Trinajstić information content (AvgIpc) is 3.19. The molecule has 0 atom stereocenters. The SMILES string of the molecule is CCN(c1nc(-c2ccc(F)cc2)c(C#N)s1)c1cc(CC(=O)O)nc2c(F)cc(Br)cc12. The van der Waals surface area contributed by atoms with E-state index in [1.54, 1.807) is 29.2 Å². The van der Waals surface area contributed by atoms with E-state index in [9.17, 15) is 23.9 Å². The fraction of sp³-hybridized carbons (Fsp3) is 0.130. The molecular weight excluding hydrogens is 514 g/mol. The molecule has 0 aliphatic rings. The molecule has 2 heterocycles. The number of carboxylic acid groups (broad SMARTS) is 1. The molecule has 0 saturated heterocycles. The van der Waals surface area contributed by atoms with Crippen LogP contribution in [-0.4, -0.2) is 27.6 Å². The van der Waals surface area contributed by atoms with Crippen LogP contribution in [-0.2, 0) is 11.2 Å². The maximum absolute atomic E-state index is 14.7. The molecule has 0 aliphatic heterocycles. The van der Waals surface area contributed by atoms with Crippen LogP contribution in [0, 0.1) is 23.0 Å². The van der Waals surface area contributed by atoms with E-state index >= 15 is 0 Å². The van der Waals surface area contributed by atoms with Crippen molar-refractivity contribution < 1.29 is 18.7 Å². The quantitative estimate of drug-likeness (QED) is 0.327. The summed E-state index contributed by atoms with van der Waals surface area (Å²) in [6.07, 6.45) is -0.377. The van der Waals surface area contributed by atoms with Crippen LogP contribution in [0.1, 0.15) is 17.5 Å². The molecular formula is C23H15BrF2N4O2S. The maximum Gasteiger partial charge on any atom is 0.309 e. The van der Waals surface area contributed by atoms with Gasteiger partial charge in [-0.2, -0.15) is 5.26 Å². The molecule has 6 nitrogen and oxygen atoms in total. The lowest BCUT2D eigenvalue weighted by atomic mass is 10.1. The Morgan fingerprint density at radius 3 is 2.58 bits per heavy atom. The van der Waals surface area contributed by atoms with Crippen molar-refractivity contribution in [3.63, 3.8) is 0 Å². The summed E-state index contributed by atoms with van der Waals surface area (Å²) >= 11 is 4.44. The lowest BCUT2D eigenvalue weighted by Crippen LogP contribution is -2.17. The number of halogens is 3. The molecule has 10 heteroatoms. The number of hydrogen-bond acceptors (Lipinski definition) is 6. The van der Waals surface area contributed by atoms with Crippen molar-refractivity contribution in [2.45, 2.75) is 13.3 Å². The van der Waals surface area contributed by atoms with Crippen molar-refractivity contribution in [1.29, 1.82) is 5.26 Å². The predicted molar refractivity (Wildman–Crippen MR) is 126 cm³/mol. The van der Waals surface area contributed by atoms with Gasteiger partial charge in [0, 0.05) is 22.0 Å². The van der Waals surface area contributed by atoms with Gasteiger partial charge in [-0.1, -0.05) is 27.3 Å². The van der Waals surface area contributed by atoms with Crippen LogP contribution in [0.25, 0.3) is 22.2 Å². The molecule has 2 aromatic carbocycles. The summed E-state index contributed by atoms with van der Waals surface area (Å²) in [5, 5.41) is 19.8. The van der Waals surface area contributed by atoms with Crippen molar-refractivity contribution in [1.82, 2.24) is 9.97 Å². The number of anilines is 2. The van der Waals surface area contributed by atoms with Gasteiger partial charge in [-0.05, 0) is 49.4 Å². The third kappa shape index (κ3) is 4.55. The highest BCUT2D eigenvalue weighted by atomic mass is 79.9. The van der Waals surface area contributed by atoms with Crippen molar-refractivity contribution in [2.24, 2.45) is 0 Å². The Labute approximate surface area is 199 Å². The van der Waals surface area contributed by atoms with E-state index in [-0.39, 0.29) is 17.6 Å². The number of thiazole rings is 1. The molecule has 1 N–H and O–H groups in total. The van der Waals surface area contributed by atoms with Gasteiger partial charge in [0.15, 0.2) is 10.9 Å². The van der Waals surface area contributed by atoms with Gasteiger partial charge in [0.2, 0.25) is 0 Å². The Hall–Kier alpha value is -3.42. The third-order valence-corrected chi connectivity index (χ3v) is 6.31. The van der Waals surface area contributed by atoms with Gasteiger partial charge in [-0.25, -0.2) is 18.7 Å². The zero-order valence-electron chi connectivity index (χ0n) is 17.1. The second kappa shape index (κ2) is 9.21. The molecule has 4 aromatic rings. The molecule has 0 bridgehead atoms. The van der Waals surface area contributed by atoms with Gasteiger partial charge >= 0.3 is 5.97 Å². The van der Waals surface area contributed by atoms with E-state index in [1.807, 2.05) is 6.92 Å². The molecule has 2 aromatic heterocycles. The highest BCUT2D eigenvalue weighted by molar-refractivity contribution is 9.10. The molecule has 0 amide bonds. The third-order valence-electron chi connectivity index (χ3n) is 4.87. The van der Waals surface area contributed by atoms with Crippen LogP contribution in [0.3, 0.4) is 0 Å². The molecule has 0 fully saturated rings. The first kappa shape index (κ1) is 22.8. The van der Waals surface area contributed by atoms with Gasteiger partial charge < -0.3 is 10.0 Å². The van der Waals surface area contributed by atoms with Crippen LogP contribution in [0.4, 0.5) is 19.6 Å². The first-order chi connectivity index (χ1) is 15.8. The van der Waals surface area contributed by atoms with E-state index in [0.29, 0.717) is 43.4 Å². The lowest BCUT2D eigenvalue weighted by Gasteiger charge is -2.22. The number of benzene rings is 2. The van der Waals surface area contributed by atoms with Crippen molar-refractivity contribution in [3.05, 3.63) is 69.1 Å². The minimum atomic E-state index is -1.09. The highest BCUT2D eigenvalue weighted by Crippen LogP contribution is 2.39. The Morgan fingerprint density at radius 2 is 1.94 bits per heavy atom. The fourth-order valence-electron chi connectivity index (χ4n) is 3.47. The van der Waals surface area contributed by atoms with Crippen LogP contribution in [0.2, 0.25) is 0 Å². The first-order valence-corrected chi connectivity index (χ1v) is 11.4. The van der Waals surface area contributed by atoms with Crippen molar-refractivity contribution >= 4 is 55.0 Å². The van der Waals surface area contributed by atoms with Crippen LogP contribution in [0.5, 0.6) is 0 Å². The number of carboxylic acids is 1. The highest BCUT2D eigenvalue weighted by Gasteiger charge is 2.22. The monoisotopic (exact) mass is 528 g/mol. The smallest absolute Gasteiger partial charge is 0.309 e. The first-order valence-electron chi connectivity index (χ1n) is 9.75. The summed E-state index contributed by atoms with van der Waals surface area (Å²) in [4.78, 5) is 22.3. The second-order valence-corrected chi connectivity index (χ2v) is 8.92. The molecule has 0 saturated carbocycles. The molecule has 166 valence electrons. The molecule has 0 unspecified atom stereocenters. The normalized spacial score (nSPS) is 10.9. The van der Waals surface area contributed by atoms with Gasteiger partial charge in [0.05, 0.1) is 17.8 Å². The fourth-order valence-corrected chi connectivity index (χ4v) is 4.86.